The minimum atomic E-state index is -0.368. The quantitative estimate of drug-likeness (QED) is 0.836. The summed E-state index contributed by atoms with van der Waals surface area (Å²) < 4.78 is 0. The molecule has 0 bridgehead atoms. The summed E-state index contributed by atoms with van der Waals surface area (Å²) in [6, 6.07) is 6.77. The highest BCUT2D eigenvalue weighted by Gasteiger charge is 2.28. The van der Waals surface area contributed by atoms with Crippen molar-refractivity contribution in [2.75, 3.05) is 11.9 Å². The molecule has 0 aliphatic carbocycles. The molecule has 0 atom stereocenters. The van der Waals surface area contributed by atoms with Gasteiger partial charge < -0.3 is 10.6 Å². The van der Waals surface area contributed by atoms with Crippen LogP contribution in [0.4, 0.5) is 10.5 Å². The van der Waals surface area contributed by atoms with Crippen LogP contribution in [0.15, 0.2) is 24.3 Å². The van der Waals surface area contributed by atoms with Crippen molar-refractivity contribution < 1.29 is 14.4 Å². The zero-order valence-corrected chi connectivity index (χ0v) is 13.1. The molecule has 1 aliphatic heterocycles. The van der Waals surface area contributed by atoms with Crippen molar-refractivity contribution >= 4 is 23.5 Å². The third-order valence-electron chi connectivity index (χ3n) is 3.21. The molecule has 4 amide bonds. The van der Waals surface area contributed by atoms with Crippen molar-refractivity contribution in [1.29, 1.82) is 0 Å². The van der Waals surface area contributed by atoms with Crippen LogP contribution in [0.25, 0.3) is 0 Å². The first-order chi connectivity index (χ1) is 10.2. The fraction of sp³-hybridized carbons (Fsp3) is 0.438. The molecule has 118 valence electrons. The highest BCUT2D eigenvalue weighted by Crippen LogP contribution is 2.20. The molecule has 1 saturated heterocycles. The van der Waals surface area contributed by atoms with Crippen LogP contribution in [0, 0.1) is 5.41 Å². The van der Waals surface area contributed by atoms with Gasteiger partial charge in [-0.25, -0.2) is 4.79 Å². The molecule has 0 spiro atoms. The van der Waals surface area contributed by atoms with E-state index in [9.17, 15) is 14.4 Å². The summed E-state index contributed by atoms with van der Waals surface area (Å²) in [5.74, 6) is -0.262. The van der Waals surface area contributed by atoms with Crippen molar-refractivity contribution in [2.45, 2.75) is 33.7 Å². The van der Waals surface area contributed by atoms with Crippen molar-refractivity contribution in [2.24, 2.45) is 5.41 Å². The van der Waals surface area contributed by atoms with Gasteiger partial charge in [-0.3, -0.25) is 14.5 Å². The zero-order chi connectivity index (χ0) is 16.3. The molecule has 22 heavy (non-hydrogen) atoms. The Morgan fingerprint density at radius 3 is 2.36 bits per heavy atom. The van der Waals surface area contributed by atoms with Gasteiger partial charge in [0.25, 0.3) is 0 Å². The van der Waals surface area contributed by atoms with E-state index >= 15 is 0 Å². The lowest BCUT2D eigenvalue weighted by atomic mass is 9.92. The van der Waals surface area contributed by atoms with Gasteiger partial charge >= 0.3 is 6.03 Å². The summed E-state index contributed by atoms with van der Waals surface area (Å²) >= 11 is 0. The maximum atomic E-state index is 11.9. The number of nitrogens with zero attached hydrogens (tertiary/aromatic N) is 1. The van der Waals surface area contributed by atoms with Crippen LogP contribution in [0.3, 0.4) is 0 Å². The largest absolute Gasteiger partial charge is 0.329 e. The number of amides is 4. The molecule has 2 rings (SSSR count). The minimum Gasteiger partial charge on any atom is -0.329 e. The van der Waals surface area contributed by atoms with Gasteiger partial charge in [0.15, 0.2) is 0 Å². The summed E-state index contributed by atoms with van der Waals surface area (Å²) in [5, 5.41) is 5.32. The number of nitrogens with one attached hydrogen (secondary N) is 2. The second kappa shape index (κ2) is 6.17. The molecule has 2 N–H and O–H groups in total. The number of anilines is 1. The lowest BCUT2D eigenvalue weighted by Crippen LogP contribution is -2.30. The maximum absolute atomic E-state index is 11.9. The van der Waals surface area contributed by atoms with Crippen LogP contribution in [-0.4, -0.2) is 29.3 Å². The van der Waals surface area contributed by atoms with Gasteiger partial charge in [-0.1, -0.05) is 32.9 Å². The number of hydrogen-bond donors (Lipinski definition) is 2. The normalized spacial score (nSPS) is 15.0. The number of rotatable bonds is 4. The number of urea groups is 1. The molecule has 1 aromatic carbocycles. The van der Waals surface area contributed by atoms with Gasteiger partial charge in [0.1, 0.15) is 0 Å². The second-order valence-corrected chi connectivity index (χ2v) is 6.62. The van der Waals surface area contributed by atoms with E-state index in [4.69, 9.17) is 0 Å². The maximum Gasteiger partial charge on any atom is 0.324 e. The predicted octanol–water partition coefficient (Wildman–Crippen LogP) is 2.11. The number of imide groups is 1. The third kappa shape index (κ3) is 4.31. The molecule has 0 unspecified atom stereocenters. The average Bonchev–Trinajstić information content (AvgIpc) is 2.70. The summed E-state index contributed by atoms with van der Waals surface area (Å²) in [6.07, 6.45) is 0.442. The SMILES string of the molecule is CC(C)(C)CC(=O)Nc1ccc(CN2C(=O)CNC2=O)cc1. The van der Waals surface area contributed by atoms with Crippen LogP contribution in [-0.2, 0) is 16.1 Å². The first-order valence-corrected chi connectivity index (χ1v) is 7.21. The number of carbonyl (C=O) groups is 3. The molecule has 0 aromatic heterocycles. The molecule has 1 fully saturated rings. The first-order valence-electron chi connectivity index (χ1n) is 7.21. The van der Waals surface area contributed by atoms with Crippen molar-refractivity contribution in [3.8, 4) is 0 Å². The summed E-state index contributed by atoms with van der Waals surface area (Å²) in [5.41, 5.74) is 1.47. The van der Waals surface area contributed by atoms with Crippen LogP contribution < -0.4 is 10.6 Å². The molecule has 6 nitrogen and oxygen atoms in total. The Hall–Kier alpha value is -2.37. The summed E-state index contributed by atoms with van der Waals surface area (Å²) in [4.78, 5) is 36.0. The Labute approximate surface area is 129 Å². The Kier molecular flexibility index (Phi) is 4.49. The van der Waals surface area contributed by atoms with Gasteiger partial charge in [-0.2, -0.15) is 0 Å². The lowest BCUT2D eigenvalue weighted by Gasteiger charge is -2.17. The predicted molar refractivity (Wildman–Crippen MR) is 83.1 cm³/mol. The first kappa shape index (κ1) is 16.0. The van der Waals surface area contributed by atoms with Crippen LogP contribution in [0.1, 0.15) is 32.8 Å². The topological polar surface area (TPSA) is 78.5 Å². The Balaban J connectivity index is 1.94. The molecule has 1 aromatic rings. The fourth-order valence-electron chi connectivity index (χ4n) is 2.18. The van der Waals surface area contributed by atoms with E-state index in [-0.39, 0.29) is 36.3 Å². The Bertz CT molecular complexity index is 572. The fourth-order valence-corrected chi connectivity index (χ4v) is 2.18. The van der Waals surface area contributed by atoms with E-state index in [1.165, 1.54) is 4.90 Å². The van der Waals surface area contributed by atoms with Gasteiger partial charge in [-0.05, 0) is 23.1 Å². The standard InChI is InChI=1S/C16H21N3O3/c1-16(2,3)8-13(20)18-12-6-4-11(5-7-12)10-19-14(21)9-17-15(19)22/h4-7H,8-10H2,1-3H3,(H,17,22)(H,18,20). The monoisotopic (exact) mass is 303 g/mol. The van der Waals surface area contributed by atoms with Gasteiger partial charge in [0.2, 0.25) is 11.8 Å². The summed E-state index contributed by atoms with van der Waals surface area (Å²) in [7, 11) is 0. The highest BCUT2D eigenvalue weighted by molar-refractivity contribution is 6.01. The Morgan fingerprint density at radius 1 is 1.23 bits per heavy atom. The highest BCUT2D eigenvalue weighted by atomic mass is 16.2. The van der Waals surface area contributed by atoms with Gasteiger partial charge in [0, 0.05) is 12.1 Å². The molecular formula is C16H21N3O3. The van der Waals surface area contributed by atoms with E-state index in [1.54, 1.807) is 24.3 Å². The summed E-state index contributed by atoms with van der Waals surface area (Å²) in [6.45, 7) is 6.32. The molecule has 1 heterocycles. The average molecular weight is 303 g/mol. The second-order valence-electron chi connectivity index (χ2n) is 6.62. The van der Waals surface area contributed by atoms with Crippen LogP contribution in [0.5, 0.6) is 0 Å². The molecule has 6 heteroatoms. The molecule has 1 aliphatic rings. The lowest BCUT2D eigenvalue weighted by molar-refractivity contribution is -0.125. The van der Waals surface area contributed by atoms with Gasteiger partial charge in [0.05, 0.1) is 13.1 Å². The smallest absolute Gasteiger partial charge is 0.324 e. The molecule has 0 saturated carbocycles. The van der Waals surface area contributed by atoms with Gasteiger partial charge in [-0.15, -0.1) is 0 Å². The Morgan fingerprint density at radius 2 is 1.86 bits per heavy atom. The number of hydrogen-bond acceptors (Lipinski definition) is 3. The van der Waals surface area contributed by atoms with E-state index in [0.717, 1.165) is 5.56 Å². The molecule has 0 radical (unpaired) electrons. The van der Waals surface area contributed by atoms with E-state index in [0.29, 0.717) is 12.1 Å². The zero-order valence-electron chi connectivity index (χ0n) is 13.1. The minimum absolute atomic E-state index is 0.0330. The van der Waals surface area contributed by atoms with E-state index in [1.807, 2.05) is 20.8 Å². The van der Waals surface area contributed by atoms with E-state index in [2.05, 4.69) is 10.6 Å². The van der Waals surface area contributed by atoms with Crippen molar-refractivity contribution in [3.63, 3.8) is 0 Å². The van der Waals surface area contributed by atoms with Crippen LogP contribution in [0.2, 0.25) is 0 Å². The molecular weight excluding hydrogens is 282 g/mol. The number of carbonyl (C=O) groups excluding carboxylic acids is 3. The van der Waals surface area contributed by atoms with Crippen molar-refractivity contribution in [1.82, 2.24) is 10.2 Å². The number of benzene rings is 1. The van der Waals surface area contributed by atoms with Crippen LogP contribution >= 0.6 is 0 Å². The van der Waals surface area contributed by atoms with E-state index < -0.39 is 0 Å². The van der Waals surface area contributed by atoms with Crippen molar-refractivity contribution in [3.05, 3.63) is 29.8 Å². The third-order valence-corrected chi connectivity index (χ3v) is 3.21.